The smallest absolute Gasteiger partial charge is 0.389 e. The van der Waals surface area contributed by atoms with Crippen molar-refractivity contribution in [2.24, 2.45) is 0 Å². The molecule has 1 unspecified atom stereocenters. The Labute approximate surface area is 139 Å². The third-order valence-corrected chi connectivity index (χ3v) is 4.01. The number of halogens is 3. The lowest BCUT2D eigenvalue weighted by molar-refractivity contribution is -0.135. The number of hydrogen-bond donors (Lipinski definition) is 2. The number of β-amino-alcohol motifs (C(OH)–C–C–N with tert-alkyl or cyclic N) is 1. The number of unbranched alkanes of at least 4 members (excludes halogenated alkanes) is 1. The second kappa shape index (κ2) is 8.37. The van der Waals surface area contributed by atoms with Gasteiger partial charge in [-0.25, -0.2) is 0 Å². The van der Waals surface area contributed by atoms with Gasteiger partial charge in [-0.05, 0) is 43.9 Å². The number of rotatable bonds is 6. The van der Waals surface area contributed by atoms with Crippen LogP contribution in [0.1, 0.15) is 42.5 Å². The lowest BCUT2D eigenvalue weighted by Crippen LogP contribution is -2.42. The number of aliphatic hydroxyl groups is 1. The molecule has 1 saturated heterocycles. The van der Waals surface area contributed by atoms with Crippen molar-refractivity contribution in [1.82, 2.24) is 4.90 Å². The van der Waals surface area contributed by atoms with Crippen molar-refractivity contribution in [1.29, 1.82) is 0 Å². The van der Waals surface area contributed by atoms with E-state index < -0.39 is 18.7 Å². The zero-order valence-electron chi connectivity index (χ0n) is 13.5. The maximum Gasteiger partial charge on any atom is 0.389 e. The van der Waals surface area contributed by atoms with Gasteiger partial charge in [0.2, 0.25) is 0 Å². The number of likely N-dealkylation sites (tertiary alicyclic amines) is 1. The predicted molar refractivity (Wildman–Crippen MR) is 86.0 cm³/mol. The van der Waals surface area contributed by atoms with Crippen LogP contribution in [0.15, 0.2) is 24.3 Å². The van der Waals surface area contributed by atoms with Crippen molar-refractivity contribution in [3.8, 4) is 0 Å². The molecule has 1 aliphatic heterocycles. The van der Waals surface area contributed by atoms with E-state index in [4.69, 9.17) is 0 Å². The highest BCUT2D eigenvalue weighted by atomic mass is 19.4. The van der Waals surface area contributed by atoms with E-state index in [1.54, 1.807) is 29.2 Å². The number of amides is 1. The largest absolute Gasteiger partial charge is 0.391 e. The van der Waals surface area contributed by atoms with Crippen LogP contribution < -0.4 is 5.32 Å². The number of carbonyl (C=O) groups is 1. The number of anilines is 1. The molecule has 1 atom stereocenters. The Bertz CT molecular complexity index is 549. The Balaban J connectivity index is 1.83. The van der Waals surface area contributed by atoms with Crippen molar-refractivity contribution < 1.29 is 23.1 Å². The van der Waals surface area contributed by atoms with Gasteiger partial charge in [0.15, 0.2) is 0 Å². The lowest BCUT2D eigenvalue weighted by Gasteiger charge is -2.30. The standard InChI is InChI=1S/C17H23F3N2O2/c18-17(19,20)8-1-2-9-21-14-6-3-5-13(11-14)16(24)22-10-4-7-15(23)12-22/h3,5-6,11,15,21,23H,1-2,4,7-10,12H2. The molecule has 0 saturated carbocycles. The molecule has 1 aromatic rings. The molecule has 2 N–H and O–H groups in total. The van der Waals surface area contributed by atoms with Gasteiger partial charge in [0.25, 0.3) is 5.91 Å². The highest BCUT2D eigenvalue weighted by Crippen LogP contribution is 2.22. The summed E-state index contributed by atoms with van der Waals surface area (Å²) >= 11 is 0. The van der Waals surface area contributed by atoms with E-state index in [0.717, 1.165) is 6.42 Å². The maximum absolute atomic E-state index is 12.4. The Kier molecular flexibility index (Phi) is 6.48. The van der Waals surface area contributed by atoms with Gasteiger partial charge >= 0.3 is 6.18 Å². The van der Waals surface area contributed by atoms with Crippen LogP contribution in [0, 0.1) is 0 Å². The first kappa shape index (κ1) is 18.6. The molecule has 0 bridgehead atoms. The zero-order chi connectivity index (χ0) is 17.6. The summed E-state index contributed by atoms with van der Waals surface area (Å²) < 4.78 is 36.2. The number of nitrogens with zero attached hydrogens (tertiary/aromatic N) is 1. The molecule has 1 fully saturated rings. The van der Waals surface area contributed by atoms with Gasteiger partial charge in [-0.15, -0.1) is 0 Å². The summed E-state index contributed by atoms with van der Waals surface area (Å²) in [4.78, 5) is 14.1. The first-order valence-corrected chi connectivity index (χ1v) is 8.23. The summed E-state index contributed by atoms with van der Waals surface area (Å²) in [5.74, 6) is -0.130. The number of carbonyl (C=O) groups excluding carboxylic acids is 1. The van der Waals surface area contributed by atoms with Crippen LogP contribution >= 0.6 is 0 Å². The minimum atomic E-state index is -4.11. The molecule has 134 valence electrons. The van der Waals surface area contributed by atoms with Crippen LogP contribution in [0.3, 0.4) is 0 Å². The number of nitrogens with one attached hydrogen (secondary N) is 1. The SMILES string of the molecule is O=C(c1cccc(NCCCCC(F)(F)F)c1)N1CCCC(O)C1. The van der Waals surface area contributed by atoms with E-state index in [0.29, 0.717) is 43.7 Å². The van der Waals surface area contributed by atoms with E-state index >= 15 is 0 Å². The summed E-state index contributed by atoms with van der Waals surface area (Å²) in [5.41, 5.74) is 1.23. The topological polar surface area (TPSA) is 52.6 Å². The monoisotopic (exact) mass is 344 g/mol. The van der Waals surface area contributed by atoms with E-state index in [1.807, 2.05) is 0 Å². The quantitative estimate of drug-likeness (QED) is 0.778. The molecule has 1 aromatic carbocycles. The Hall–Kier alpha value is -1.76. The zero-order valence-corrected chi connectivity index (χ0v) is 13.5. The minimum Gasteiger partial charge on any atom is -0.391 e. The molecule has 1 heterocycles. The van der Waals surface area contributed by atoms with Crippen LogP contribution in [-0.2, 0) is 0 Å². The fourth-order valence-electron chi connectivity index (χ4n) is 2.77. The predicted octanol–water partition coefficient (Wildman–Crippen LogP) is 3.43. The fraction of sp³-hybridized carbons (Fsp3) is 0.588. The van der Waals surface area contributed by atoms with E-state index in [2.05, 4.69) is 5.32 Å². The van der Waals surface area contributed by atoms with Crippen LogP contribution in [-0.4, -0.2) is 47.8 Å². The molecule has 0 radical (unpaired) electrons. The number of piperidine rings is 1. The first-order chi connectivity index (χ1) is 11.3. The van der Waals surface area contributed by atoms with Crippen LogP contribution in [0.25, 0.3) is 0 Å². The van der Waals surface area contributed by atoms with Gasteiger partial charge in [-0.2, -0.15) is 13.2 Å². The minimum absolute atomic E-state index is 0.0841. The van der Waals surface area contributed by atoms with Crippen molar-refractivity contribution >= 4 is 11.6 Å². The van der Waals surface area contributed by atoms with Crippen LogP contribution in [0.5, 0.6) is 0 Å². The summed E-state index contributed by atoms with van der Waals surface area (Å²) in [7, 11) is 0. The molecular weight excluding hydrogens is 321 g/mol. The molecule has 1 aliphatic rings. The summed E-state index contributed by atoms with van der Waals surface area (Å²) in [5, 5.41) is 12.7. The third kappa shape index (κ3) is 6.03. The van der Waals surface area contributed by atoms with Crippen molar-refractivity contribution in [2.75, 3.05) is 25.0 Å². The van der Waals surface area contributed by atoms with Gasteiger partial charge in [0.1, 0.15) is 0 Å². The Morgan fingerprint density at radius 1 is 1.33 bits per heavy atom. The number of alkyl halides is 3. The molecule has 0 aliphatic carbocycles. The number of hydrogen-bond acceptors (Lipinski definition) is 3. The lowest BCUT2D eigenvalue weighted by atomic mass is 10.1. The van der Waals surface area contributed by atoms with Gasteiger partial charge in [0, 0.05) is 37.3 Å². The number of benzene rings is 1. The first-order valence-electron chi connectivity index (χ1n) is 8.23. The van der Waals surface area contributed by atoms with E-state index in [9.17, 15) is 23.1 Å². The van der Waals surface area contributed by atoms with Gasteiger partial charge in [0.05, 0.1) is 6.10 Å². The molecule has 2 rings (SSSR count). The van der Waals surface area contributed by atoms with Crippen LogP contribution in [0.2, 0.25) is 0 Å². The molecule has 0 spiro atoms. The fourth-order valence-corrected chi connectivity index (χ4v) is 2.77. The van der Waals surface area contributed by atoms with Crippen molar-refractivity contribution in [3.63, 3.8) is 0 Å². The normalized spacial score (nSPS) is 18.5. The Morgan fingerprint density at radius 3 is 2.83 bits per heavy atom. The van der Waals surface area contributed by atoms with E-state index in [-0.39, 0.29) is 12.3 Å². The molecule has 24 heavy (non-hydrogen) atoms. The van der Waals surface area contributed by atoms with Gasteiger partial charge in [-0.3, -0.25) is 4.79 Å². The molecular formula is C17H23F3N2O2. The maximum atomic E-state index is 12.4. The highest BCUT2D eigenvalue weighted by molar-refractivity contribution is 5.95. The number of aliphatic hydroxyl groups excluding tert-OH is 1. The average molecular weight is 344 g/mol. The molecule has 4 nitrogen and oxygen atoms in total. The van der Waals surface area contributed by atoms with Crippen molar-refractivity contribution in [2.45, 2.75) is 44.4 Å². The van der Waals surface area contributed by atoms with Crippen LogP contribution in [0.4, 0.5) is 18.9 Å². The van der Waals surface area contributed by atoms with Gasteiger partial charge in [-0.1, -0.05) is 6.07 Å². The average Bonchev–Trinajstić information content (AvgIpc) is 2.53. The second-order valence-corrected chi connectivity index (χ2v) is 6.13. The second-order valence-electron chi connectivity index (χ2n) is 6.13. The molecule has 1 amide bonds. The van der Waals surface area contributed by atoms with E-state index in [1.165, 1.54) is 0 Å². The third-order valence-electron chi connectivity index (χ3n) is 4.01. The van der Waals surface area contributed by atoms with Crippen molar-refractivity contribution in [3.05, 3.63) is 29.8 Å². The molecule has 0 aromatic heterocycles. The Morgan fingerprint density at radius 2 is 2.12 bits per heavy atom. The van der Waals surface area contributed by atoms with Gasteiger partial charge < -0.3 is 15.3 Å². The summed E-state index contributed by atoms with van der Waals surface area (Å²) in [6.45, 7) is 1.40. The summed E-state index contributed by atoms with van der Waals surface area (Å²) in [6, 6.07) is 6.93. The summed E-state index contributed by atoms with van der Waals surface area (Å²) in [6.07, 6.45) is -3.36. The molecule has 7 heteroatoms. The highest BCUT2D eigenvalue weighted by Gasteiger charge is 2.26.